The number of tetrazole rings is 1. The number of ether oxygens (including phenoxy) is 1. The Morgan fingerprint density at radius 1 is 1.38 bits per heavy atom. The molecule has 0 saturated heterocycles. The van der Waals surface area contributed by atoms with Gasteiger partial charge in [0.25, 0.3) is 0 Å². The number of carbonyl (C=O) groups is 1. The monoisotopic (exact) mass is 302 g/mol. The molecule has 0 bridgehead atoms. The second-order valence-corrected chi connectivity index (χ2v) is 4.87. The number of carboxylic acids is 1. The van der Waals surface area contributed by atoms with E-state index in [1.807, 2.05) is 22.9 Å². The van der Waals surface area contributed by atoms with Crippen molar-refractivity contribution in [2.24, 2.45) is 0 Å². The van der Waals surface area contributed by atoms with Crippen molar-refractivity contribution in [3.8, 4) is 22.8 Å². The first-order valence-electron chi connectivity index (χ1n) is 6.00. The van der Waals surface area contributed by atoms with Crippen LogP contribution in [-0.2, 0) is 4.79 Å². The maximum Gasteiger partial charge on any atom is 0.341 e. The van der Waals surface area contributed by atoms with Crippen LogP contribution in [0.1, 0.15) is 0 Å². The number of nitrogens with zero attached hydrogens (tertiary/aromatic N) is 4. The largest absolute Gasteiger partial charge is 0.482 e. The van der Waals surface area contributed by atoms with Crippen molar-refractivity contribution in [3.63, 3.8) is 0 Å². The molecule has 2 aromatic heterocycles. The van der Waals surface area contributed by atoms with Gasteiger partial charge in [-0.25, -0.2) is 4.79 Å². The third-order valence-corrected chi connectivity index (χ3v) is 3.28. The average molecular weight is 302 g/mol. The number of hydrogen-bond acceptors (Lipinski definition) is 6. The van der Waals surface area contributed by atoms with E-state index in [1.165, 1.54) is 4.80 Å². The van der Waals surface area contributed by atoms with E-state index in [2.05, 4.69) is 15.4 Å². The van der Waals surface area contributed by atoms with Gasteiger partial charge in [0.05, 0.1) is 5.69 Å². The van der Waals surface area contributed by atoms with E-state index in [4.69, 9.17) is 9.84 Å². The van der Waals surface area contributed by atoms with Crippen molar-refractivity contribution in [1.29, 1.82) is 0 Å². The summed E-state index contributed by atoms with van der Waals surface area (Å²) in [5.74, 6) is -0.134. The third kappa shape index (κ3) is 3.06. The minimum absolute atomic E-state index is 0.390. The molecule has 0 aliphatic carbocycles. The Balaban J connectivity index is 1.83. The molecule has 106 valence electrons. The molecule has 0 radical (unpaired) electrons. The van der Waals surface area contributed by atoms with Gasteiger partial charge in [-0.2, -0.15) is 11.3 Å². The first-order valence-corrected chi connectivity index (χ1v) is 6.94. The maximum atomic E-state index is 10.5. The number of thiophene rings is 1. The zero-order valence-electron chi connectivity index (χ0n) is 10.7. The molecular formula is C13H10N4O3S. The van der Waals surface area contributed by atoms with E-state index in [0.717, 1.165) is 5.69 Å². The van der Waals surface area contributed by atoms with Gasteiger partial charge in [0, 0.05) is 10.9 Å². The van der Waals surface area contributed by atoms with E-state index < -0.39 is 12.6 Å². The van der Waals surface area contributed by atoms with Crippen molar-refractivity contribution in [2.75, 3.05) is 6.61 Å². The van der Waals surface area contributed by atoms with Crippen molar-refractivity contribution in [1.82, 2.24) is 20.2 Å². The normalized spacial score (nSPS) is 10.5. The predicted molar refractivity (Wildman–Crippen MR) is 75.6 cm³/mol. The molecule has 0 aliphatic heterocycles. The van der Waals surface area contributed by atoms with Gasteiger partial charge in [0.2, 0.25) is 5.82 Å². The lowest BCUT2D eigenvalue weighted by atomic mass is 10.2. The summed E-state index contributed by atoms with van der Waals surface area (Å²) in [5.41, 5.74) is 1.55. The number of carboxylic acid groups (broad SMARTS) is 1. The second kappa shape index (κ2) is 5.71. The highest BCUT2D eigenvalue weighted by Gasteiger charge is 2.09. The zero-order valence-corrected chi connectivity index (χ0v) is 11.5. The SMILES string of the molecule is O=C(O)COc1cccc(-c2nnn(-c3ccsc3)n2)c1. The quantitative estimate of drug-likeness (QED) is 0.773. The number of aromatic nitrogens is 4. The third-order valence-electron chi connectivity index (χ3n) is 2.61. The van der Waals surface area contributed by atoms with Crippen molar-refractivity contribution >= 4 is 17.3 Å². The van der Waals surface area contributed by atoms with Crippen molar-refractivity contribution in [3.05, 3.63) is 41.1 Å². The Labute approximate surface area is 123 Å². The van der Waals surface area contributed by atoms with Gasteiger partial charge in [-0.15, -0.1) is 15.0 Å². The van der Waals surface area contributed by atoms with Crippen LogP contribution < -0.4 is 4.74 Å². The Morgan fingerprint density at radius 2 is 2.29 bits per heavy atom. The molecule has 0 fully saturated rings. The van der Waals surface area contributed by atoms with Crippen LogP contribution >= 0.6 is 11.3 Å². The summed E-state index contributed by atoms with van der Waals surface area (Å²) in [5, 5.41) is 24.7. The molecule has 3 rings (SSSR count). The Hall–Kier alpha value is -2.74. The molecule has 0 atom stereocenters. The van der Waals surface area contributed by atoms with Crippen LogP contribution in [0, 0.1) is 0 Å². The molecule has 21 heavy (non-hydrogen) atoms. The molecule has 0 saturated carbocycles. The fourth-order valence-corrected chi connectivity index (χ4v) is 2.29. The number of benzene rings is 1. The fraction of sp³-hybridized carbons (Fsp3) is 0.0769. The van der Waals surface area contributed by atoms with Crippen molar-refractivity contribution < 1.29 is 14.6 Å². The molecule has 2 heterocycles. The molecule has 1 N–H and O–H groups in total. The Morgan fingerprint density at radius 3 is 3.05 bits per heavy atom. The van der Waals surface area contributed by atoms with Gasteiger partial charge in [0.15, 0.2) is 6.61 Å². The molecule has 0 spiro atoms. The van der Waals surface area contributed by atoms with Crippen LogP contribution in [0.25, 0.3) is 17.1 Å². The highest BCUT2D eigenvalue weighted by atomic mass is 32.1. The first-order chi connectivity index (χ1) is 10.2. The lowest BCUT2D eigenvalue weighted by molar-refractivity contribution is -0.139. The summed E-state index contributed by atoms with van der Waals surface area (Å²) < 4.78 is 5.13. The maximum absolute atomic E-state index is 10.5. The first kappa shape index (κ1) is 13.3. The molecule has 0 unspecified atom stereocenters. The molecule has 7 nitrogen and oxygen atoms in total. The predicted octanol–water partition coefficient (Wildman–Crippen LogP) is 1.85. The smallest absolute Gasteiger partial charge is 0.341 e. The minimum atomic E-state index is -1.03. The summed E-state index contributed by atoms with van der Waals surface area (Å²) in [6.07, 6.45) is 0. The van der Waals surface area contributed by atoms with E-state index >= 15 is 0 Å². The number of aliphatic carboxylic acids is 1. The summed E-state index contributed by atoms with van der Waals surface area (Å²) in [6.45, 7) is -0.390. The lowest BCUT2D eigenvalue weighted by Crippen LogP contribution is -2.09. The van der Waals surface area contributed by atoms with Crippen LogP contribution in [0.3, 0.4) is 0 Å². The Kier molecular flexibility index (Phi) is 3.61. The van der Waals surface area contributed by atoms with Gasteiger partial charge in [-0.05, 0) is 28.8 Å². The average Bonchev–Trinajstić information content (AvgIpc) is 3.16. The summed E-state index contributed by atoms with van der Waals surface area (Å²) >= 11 is 1.55. The fourth-order valence-electron chi connectivity index (χ4n) is 1.68. The van der Waals surface area contributed by atoms with E-state index in [0.29, 0.717) is 17.1 Å². The highest BCUT2D eigenvalue weighted by Crippen LogP contribution is 2.21. The van der Waals surface area contributed by atoms with Gasteiger partial charge < -0.3 is 9.84 Å². The van der Waals surface area contributed by atoms with Gasteiger partial charge >= 0.3 is 5.97 Å². The van der Waals surface area contributed by atoms with Crippen LogP contribution in [0.4, 0.5) is 0 Å². The summed E-state index contributed by atoms with van der Waals surface area (Å²) in [4.78, 5) is 11.9. The Bertz CT molecular complexity index is 754. The van der Waals surface area contributed by atoms with Crippen LogP contribution in [-0.4, -0.2) is 37.9 Å². The van der Waals surface area contributed by atoms with Crippen LogP contribution in [0.2, 0.25) is 0 Å². The zero-order chi connectivity index (χ0) is 14.7. The topological polar surface area (TPSA) is 90.1 Å². The molecule has 0 amide bonds. The second-order valence-electron chi connectivity index (χ2n) is 4.09. The van der Waals surface area contributed by atoms with Crippen LogP contribution in [0.15, 0.2) is 41.1 Å². The van der Waals surface area contributed by atoms with Gasteiger partial charge in [-0.3, -0.25) is 0 Å². The van der Waals surface area contributed by atoms with E-state index in [1.54, 1.807) is 29.5 Å². The number of hydrogen-bond donors (Lipinski definition) is 1. The van der Waals surface area contributed by atoms with Crippen LogP contribution in [0.5, 0.6) is 5.75 Å². The molecule has 0 aliphatic rings. The van der Waals surface area contributed by atoms with E-state index in [-0.39, 0.29) is 0 Å². The minimum Gasteiger partial charge on any atom is -0.482 e. The standard InChI is InChI=1S/C13H10N4O3S/c18-12(19)7-20-11-3-1-2-9(6-11)13-14-16-17(15-13)10-4-5-21-8-10/h1-6,8H,7H2,(H,18,19). The molecule has 8 heteroatoms. The van der Waals surface area contributed by atoms with Crippen molar-refractivity contribution in [2.45, 2.75) is 0 Å². The molecule has 1 aromatic carbocycles. The lowest BCUT2D eigenvalue weighted by Gasteiger charge is -2.03. The van der Waals surface area contributed by atoms with Gasteiger partial charge in [0.1, 0.15) is 5.75 Å². The molecule has 3 aromatic rings. The number of rotatable bonds is 5. The van der Waals surface area contributed by atoms with Gasteiger partial charge in [-0.1, -0.05) is 12.1 Å². The van der Waals surface area contributed by atoms with E-state index in [9.17, 15) is 4.79 Å². The summed E-state index contributed by atoms with van der Waals surface area (Å²) in [7, 11) is 0. The highest BCUT2D eigenvalue weighted by molar-refractivity contribution is 7.08. The summed E-state index contributed by atoms with van der Waals surface area (Å²) in [6, 6.07) is 8.80. The molecular weight excluding hydrogens is 292 g/mol.